The van der Waals surface area contributed by atoms with Crippen LogP contribution in [0.3, 0.4) is 0 Å². The summed E-state index contributed by atoms with van der Waals surface area (Å²) in [6, 6.07) is 5.32. The van der Waals surface area contributed by atoms with Gasteiger partial charge < -0.3 is 19.7 Å². The first kappa shape index (κ1) is 17.3. The second-order valence-corrected chi connectivity index (χ2v) is 4.74. The molecule has 0 radical (unpaired) electrons. The maximum atomic E-state index is 11.4. The molecule has 0 aromatic heterocycles. The minimum atomic E-state index is -0.218. The highest BCUT2D eigenvalue weighted by Gasteiger charge is 2.05. The zero-order valence-corrected chi connectivity index (χ0v) is 12.5. The summed E-state index contributed by atoms with van der Waals surface area (Å²) >= 11 is 0. The summed E-state index contributed by atoms with van der Waals surface area (Å²) in [5, 5.41) is 18.2. The number of phenols is 1. The molecule has 0 saturated carbocycles. The standard InChI is InChI=1S/C16H24O5/c1-2-20-15-12-13(8-9-14(15)18)6-3-4-7-16(19)21-11-5-10-17/h8-9,12,17-18H,2-7,10-11H2,1H3. The number of rotatable bonds is 10. The van der Waals surface area contributed by atoms with Crippen molar-refractivity contribution in [3.63, 3.8) is 0 Å². The Morgan fingerprint density at radius 1 is 1.24 bits per heavy atom. The highest BCUT2D eigenvalue weighted by Crippen LogP contribution is 2.27. The second-order valence-electron chi connectivity index (χ2n) is 4.74. The lowest BCUT2D eigenvalue weighted by atomic mass is 10.1. The Bertz CT molecular complexity index is 431. The summed E-state index contributed by atoms with van der Waals surface area (Å²) in [7, 11) is 0. The maximum absolute atomic E-state index is 11.4. The van der Waals surface area contributed by atoms with Crippen LogP contribution in [0.5, 0.6) is 11.5 Å². The van der Waals surface area contributed by atoms with Crippen LogP contribution in [-0.2, 0) is 16.0 Å². The zero-order chi connectivity index (χ0) is 15.5. The molecule has 0 aliphatic rings. The molecule has 0 aliphatic heterocycles. The van der Waals surface area contributed by atoms with Crippen molar-refractivity contribution >= 4 is 5.97 Å². The number of aromatic hydroxyl groups is 1. The van der Waals surface area contributed by atoms with Gasteiger partial charge in [-0.2, -0.15) is 0 Å². The van der Waals surface area contributed by atoms with Crippen LogP contribution in [0.2, 0.25) is 0 Å². The van der Waals surface area contributed by atoms with Gasteiger partial charge in [0.25, 0.3) is 0 Å². The molecule has 0 spiro atoms. The lowest BCUT2D eigenvalue weighted by Gasteiger charge is -2.08. The van der Waals surface area contributed by atoms with Crippen LogP contribution in [0, 0.1) is 0 Å². The van der Waals surface area contributed by atoms with Crippen molar-refractivity contribution in [3.8, 4) is 11.5 Å². The molecule has 0 heterocycles. The third-order valence-electron chi connectivity index (χ3n) is 2.99. The number of aliphatic hydroxyl groups is 1. The Labute approximate surface area is 125 Å². The first-order valence-corrected chi connectivity index (χ1v) is 7.38. The van der Waals surface area contributed by atoms with E-state index in [-0.39, 0.29) is 24.9 Å². The van der Waals surface area contributed by atoms with Gasteiger partial charge in [-0.1, -0.05) is 6.07 Å². The molecule has 0 bridgehead atoms. The van der Waals surface area contributed by atoms with Gasteiger partial charge in [0, 0.05) is 19.4 Å². The maximum Gasteiger partial charge on any atom is 0.305 e. The molecule has 1 aromatic carbocycles. The van der Waals surface area contributed by atoms with Crippen molar-refractivity contribution < 1.29 is 24.5 Å². The number of benzene rings is 1. The van der Waals surface area contributed by atoms with E-state index < -0.39 is 0 Å². The van der Waals surface area contributed by atoms with Crippen molar-refractivity contribution in [2.75, 3.05) is 19.8 Å². The Hall–Kier alpha value is -1.75. The van der Waals surface area contributed by atoms with Gasteiger partial charge in [0.2, 0.25) is 0 Å². The number of aryl methyl sites for hydroxylation is 1. The smallest absolute Gasteiger partial charge is 0.305 e. The van der Waals surface area contributed by atoms with Gasteiger partial charge in [-0.15, -0.1) is 0 Å². The average molecular weight is 296 g/mol. The van der Waals surface area contributed by atoms with Gasteiger partial charge in [-0.05, 0) is 43.9 Å². The van der Waals surface area contributed by atoms with E-state index in [9.17, 15) is 9.90 Å². The van der Waals surface area contributed by atoms with Crippen LogP contribution in [-0.4, -0.2) is 36.0 Å². The van der Waals surface area contributed by atoms with Crippen molar-refractivity contribution in [2.24, 2.45) is 0 Å². The van der Waals surface area contributed by atoms with Crippen LogP contribution in [0.4, 0.5) is 0 Å². The van der Waals surface area contributed by atoms with E-state index in [2.05, 4.69) is 0 Å². The normalized spacial score (nSPS) is 10.4. The molecular formula is C16H24O5. The molecule has 0 unspecified atom stereocenters. The lowest BCUT2D eigenvalue weighted by Crippen LogP contribution is -2.06. The molecule has 5 nitrogen and oxygen atoms in total. The van der Waals surface area contributed by atoms with Gasteiger partial charge in [0.15, 0.2) is 11.5 Å². The molecule has 0 amide bonds. The summed E-state index contributed by atoms with van der Waals surface area (Å²) in [5.74, 6) is 0.427. The van der Waals surface area contributed by atoms with E-state index in [0.29, 0.717) is 25.2 Å². The third kappa shape index (κ3) is 6.99. The number of hydrogen-bond donors (Lipinski definition) is 2. The van der Waals surface area contributed by atoms with E-state index in [0.717, 1.165) is 24.8 Å². The molecule has 1 aromatic rings. The molecule has 0 fully saturated rings. The minimum Gasteiger partial charge on any atom is -0.504 e. The van der Waals surface area contributed by atoms with Crippen LogP contribution < -0.4 is 4.74 Å². The molecule has 0 atom stereocenters. The van der Waals surface area contributed by atoms with Gasteiger partial charge in [-0.25, -0.2) is 0 Å². The van der Waals surface area contributed by atoms with E-state index in [1.807, 2.05) is 19.1 Å². The number of phenolic OH excluding ortho intramolecular Hbond substituents is 1. The number of esters is 1. The predicted molar refractivity (Wildman–Crippen MR) is 79.5 cm³/mol. The first-order valence-electron chi connectivity index (χ1n) is 7.38. The topological polar surface area (TPSA) is 76.0 Å². The monoisotopic (exact) mass is 296 g/mol. The van der Waals surface area contributed by atoms with Gasteiger partial charge in [0.05, 0.1) is 13.2 Å². The summed E-state index contributed by atoms with van der Waals surface area (Å²) in [4.78, 5) is 11.4. The number of aliphatic hydroxyl groups excluding tert-OH is 1. The van der Waals surface area contributed by atoms with Crippen molar-refractivity contribution in [3.05, 3.63) is 23.8 Å². The molecular weight excluding hydrogens is 272 g/mol. The summed E-state index contributed by atoms with van der Waals surface area (Å²) < 4.78 is 10.3. The van der Waals surface area contributed by atoms with Crippen molar-refractivity contribution in [1.29, 1.82) is 0 Å². The fourth-order valence-corrected chi connectivity index (χ4v) is 1.91. The third-order valence-corrected chi connectivity index (χ3v) is 2.99. The Morgan fingerprint density at radius 2 is 2.05 bits per heavy atom. The highest BCUT2D eigenvalue weighted by molar-refractivity contribution is 5.69. The molecule has 118 valence electrons. The predicted octanol–water partition coefficient (Wildman–Crippen LogP) is 2.43. The average Bonchev–Trinajstić information content (AvgIpc) is 2.47. The highest BCUT2D eigenvalue weighted by atomic mass is 16.5. The molecule has 0 saturated heterocycles. The quantitative estimate of drug-likeness (QED) is 0.512. The Balaban J connectivity index is 2.26. The zero-order valence-electron chi connectivity index (χ0n) is 12.5. The molecule has 0 aliphatic carbocycles. The van der Waals surface area contributed by atoms with E-state index >= 15 is 0 Å². The largest absolute Gasteiger partial charge is 0.504 e. The van der Waals surface area contributed by atoms with Gasteiger partial charge >= 0.3 is 5.97 Å². The Morgan fingerprint density at radius 3 is 2.76 bits per heavy atom. The molecule has 2 N–H and O–H groups in total. The van der Waals surface area contributed by atoms with E-state index in [1.165, 1.54) is 0 Å². The number of carbonyl (C=O) groups excluding carboxylic acids is 1. The van der Waals surface area contributed by atoms with Crippen LogP contribution in [0.25, 0.3) is 0 Å². The van der Waals surface area contributed by atoms with Crippen molar-refractivity contribution in [1.82, 2.24) is 0 Å². The fraction of sp³-hybridized carbons (Fsp3) is 0.562. The summed E-state index contributed by atoms with van der Waals surface area (Å²) in [5.41, 5.74) is 1.07. The van der Waals surface area contributed by atoms with E-state index in [1.54, 1.807) is 6.07 Å². The molecule has 1 rings (SSSR count). The van der Waals surface area contributed by atoms with Crippen LogP contribution >= 0.6 is 0 Å². The Kier molecular flexibility index (Phi) is 8.28. The second kappa shape index (κ2) is 10.0. The molecule has 5 heteroatoms. The summed E-state index contributed by atoms with van der Waals surface area (Å²) in [6.45, 7) is 2.70. The van der Waals surface area contributed by atoms with E-state index in [4.69, 9.17) is 14.6 Å². The van der Waals surface area contributed by atoms with Crippen molar-refractivity contribution in [2.45, 2.75) is 39.0 Å². The fourth-order valence-electron chi connectivity index (χ4n) is 1.91. The first-order chi connectivity index (χ1) is 10.2. The number of hydrogen-bond acceptors (Lipinski definition) is 5. The molecule has 21 heavy (non-hydrogen) atoms. The van der Waals surface area contributed by atoms with Crippen LogP contribution in [0.15, 0.2) is 18.2 Å². The SMILES string of the molecule is CCOc1cc(CCCCC(=O)OCCCO)ccc1O. The number of ether oxygens (including phenoxy) is 2. The lowest BCUT2D eigenvalue weighted by molar-refractivity contribution is -0.144. The van der Waals surface area contributed by atoms with Gasteiger partial charge in [-0.3, -0.25) is 4.79 Å². The van der Waals surface area contributed by atoms with Gasteiger partial charge in [0.1, 0.15) is 0 Å². The minimum absolute atomic E-state index is 0.0380. The number of carbonyl (C=O) groups is 1. The number of unbranched alkanes of at least 4 members (excludes halogenated alkanes) is 1. The summed E-state index contributed by atoms with van der Waals surface area (Å²) in [6.07, 6.45) is 3.32. The van der Waals surface area contributed by atoms with Crippen LogP contribution in [0.1, 0.15) is 38.2 Å².